The van der Waals surface area contributed by atoms with E-state index in [-0.39, 0.29) is 23.8 Å². The summed E-state index contributed by atoms with van der Waals surface area (Å²) in [7, 11) is -3.67. The fraction of sp³-hybridized carbons (Fsp3) is 0.105. The third-order valence-corrected chi connectivity index (χ3v) is 5.56. The van der Waals surface area contributed by atoms with Gasteiger partial charge in [-0.3, -0.25) is 4.79 Å². The molecule has 0 aliphatic heterocycles. The highest BCUT2D eigenvalue weighted by Crippen LogP contribution is 2.23. The number of amides is 1. The van der Waals surface area contributed by atoms with Gasteiger partial charge in [-0.1, -0.05) is 48.0 Å². The van der Waals surface area contributed by atoms with Gasteiger partial charge in [0.15, 0.2) is 0 Å². The minimum atomic E-state index is -3.67. The van der Waals surface area contributed by atoms with Crippen LogP contribution in [0.1, 0.15) is 6.42 Å². The fourth-order valence-corrected chi connectivity index (χ4v) is 3.70. The smallest absolute Gasteiger partial charge is 0.240 e. The van der Waals surface area contributed by atoms with E-state index in [1.54, 1.807) is 0 Å². The van der Waals surface area contributed by atoms with Crippen LogP contribution in [-0.2, 0) is 14.8 Å². The van der Waals surface area contributed by atoms with Gasteiger partial charge >= 0.3 is 0 Å². The van der Waals surface area contributed by atoms with Crippen LogP contribution < -0.4 is 10.0 Å². The number of fused-ring (bicyclic) bond motifs is 1. The van der Waals surface area contributed by atoms with Crippen molar-refractivity contribution in [3.8, 4) is 0 Å². The van der Waals surface area contributed by atoms with Crippen LogP contribution in [0.25, 0.3) is 10.8 Å². The summed E-state index contributed by atoms with van der Waals surface area (Å²) in [4.78, 5) is 12.3. The molecular formula is C19H17ClN2O3S. The van der Waals surface area contributed by atoms with Gasteiger partial charge in [-0.25, -0.2) is 13.1 Å². The maximum atomic E-state index is 12.2. The third kappa shape index (κ3) is 4.40. The molecule has 0 aliphatic carbocycles. The van der Waals surface area contributed by atoms with Crippen LogP contribution in [0.4, 0.5) is 5.69 Å². The van der Waals surface area contributed by atoms with Gasteiger partial charge in [-0.15, -0.1) is 0 Å². The molecule has 0 aliphatic rings. The molecule has 3 aromatic rings. The molecule has 0 heterocycles. The van der Waals surface area contributed by atoms with Gasteiger partial charge in [-0.05, 0) is 35.7 Å². The molecule has 3 rings (SSSR count). The largest absolute Gasteiger partial charge is 0.325 e. The Kier molecular flexibility index (Phi) is 5.56. The van der Waals surface area contributed by atoms with Gasteiger partial charge in [0.1, 0.15) is 0 Å². The van der Waals surface area contributed by atoms with Gasteiger partial charge in [0.2, 0.25) is 15.9 Å². The molecule has 0 bridgehead atoms. The minimum absolute atomic E-state index is 0.00155. The van der Waals surface area contributed by atoms with Gasteiger partial charge < -0.3 is 5.32 Å². The van der Waals surface area contributed by atoms with Gasteiger partial charge in [0.25, 0.3) is 0 Å². The van der Waals surface area contributed by atoms with E-state index in [2.05, 4.69) is 10.0 Å². The summed E-state index contributed by atoms with van der Waals surface area (Å²) >= 11 is 5.76. The lowest BCUT2D eigenvalue weighted by atomic mass is 10.1. The Labute approximate surface area is 157 Å². The molecule has 0 saturated carbocycles. The molecule has 0 aromatic heterocycles. The van der Waals surface area contributed by atoms with Crippen LogP contribution in [0.2, 0.25) is 5.02 Å². The Hall–Kier alpha value is -2.41. The van der Waals surface area contributed by atoms with Crippen molar-refractivity contribution in [3.63, 3.8) is 0 Å². The number of anilines is 1. The van der Waals surface area contributed by atoms with Crippen LogP contribution in [0.3, 0.4) is 0 Å². The Bertz CT molecular complexity index is 1030. The van der Waals surface area contributed by atoms with Crippen molar-refractivity contribution < 1.29 is 13.2 Å². The molecule has 7 heteroatoms. The summed E-state index contributed by atoms with van der Waals surface area (Å²) < 4.78 is 26.8. The normalized spacial score (nSPS) is 11.4. The number of carbonyl (C=O) groups excluding carboxylic acids is 1. The van der Waals surface area contributed by atoms with Crippen LogP contribution in [0.5, 0.6) is 0 Å². The Morgan fingerprint density at radius 2 is 1.62 bits per heavy atom. The summed E-state index contributed by atoms with van der Waals surface area (Å²) in [5.41, 5.74) is 0.702. The second-order valence-corrected chi connectivity index (χ2v) is 7.88. The first kappa shape index (κ1) is 18.4. The van der Waals surface area contributed by atoms with Gasteiger partial charge in [-0.2, -0.15) is 0 Å². The van der Waals surface area contributed by atoms with E-state index in [9.17, 15) is 13.2 Å². The van der Waals surface area contributed by atoms with E-state index >= 15 is 0 Å². The van der Waals surface area contributed by atoms with Crippen molar-refractivity contribution in [3.05, 3.63) is 71.8 Å². The molecule has 5 nitrogen and oxygen atoms in total. The summed E-state index contributed by atoms with van der Waals surface area (Å²) in [5, 5.41) is 5.24. The summed E-state index contributed by atoms with van der Waals surface area (Å²) in [6.45, 7) is 0.00155. The molecule has 1 amide bonds. The Balaban J connectivity index is 1.60. The molecular weight excluding hydrogens is 372 g/mol. The molecule has 26 heavy (non-hydrogen) atoms. The van der Waals surface area contributed by atoms with E-state index in [0.29, 0.717) is 10.7 Å². The van der Waals surface area contributed by atoms with Crippen molar-refractivity contribution in [2.75, 3.05) is 11.9 Å². The number of hydrogen-bond donors (Lipinski definition) is 2. The zero-order chi connectivity index (χ0) is 18.6. The van der Waals surface area contributed by atoms with Crippen molar-refractivity contribution >= 4 is 44.0 Å². The lowest BCUT2D eigenvalue weighted by Gasteiger charge is -2.10. The predicted octanol–water partition coefficient (Wildman–Crippen LogP) is 3.80. The van der Waals surface area contributed by atoms with Crippen LogP contribution in [-0.4, -0.2) is 20.9 Å². The highest BCUT2D eigenvalue weighted by atomic mass is 35.5. The molecule has 134 valence electrons. The first-order valence-corrected chi connectivity index (χ1v) is 9.85. The molecule has 0 unspecified atom stereocenters. The number of benzene rings is 3. The standard InChI is InChI=1S/C19H17ClN2O3S/c20-15-8-10-16(11-9-15)26(24,25)21-13-12-19(23)22-18-7-3-5-14-4-1-2-6-17(14)18/h1-11,21H,12-13H2,(H,22,23). The summed E-state index contributed by atoms with van der Waals surface area (Å²) in [6.07, 6.45) is 0.0239. The monoisotopic (exact) mass is 388 g/mol. The highest BCUT2D eigenvalue weighted by molar-refractivity contribution is 7.89. The quantitative estimate of drug-likeness (QED) is 0.674. The number of sulfonamides is 1. The maximum Gasteiger partial charge on any atom is 0.240 e. The van der Waals surface area contributed by atoms with E-state index in [0.717, 1.165) is 10.8 Å². The number of halogens is 1. The molecule has 3 aromatic carbocycles. The molecule has 0 saturated heterocycles. The van der Waals surface area contributed by atoms with Crippen molar-refractivity contribution in [1.29, 1.82) is 0 Å². The maximum absolute atomic E-state index is 12.2. The second kappa shape index (κ2) is 7.86. The highest BCUT2D eigenvalue weighted by Gasteiger charge is 2.14. The predicted molar refractivity (Wildman–Crippen MR) is 104 cm³/mol. The van der Waals surface area contributed by atoms with E-state index in [1.807, 2.05) is 42.5 Å². The number of nitrogens with one attached hydrogen (secondary N) is 2. The first-order valence-electron chi connectivity index (χ1n) is 7.98. The SMILES string of the molecule is O=C(CCNS(=O)(=O)c1ccc(Cl)cc1)Nc1cccc2ccccc12. The zero-order valence-corrected chi connectivity index (χ0v) is 15.3. The van der Waals surface area contributed by atoms with Crippen LogP contribution >= 0.6 is 11.6 Å². The molecule has 0 fully saturated rings. The minimum Gasteiger partial charge on any atom is -0.325 e. The van der Waals surface area contributed by atoms with Crippen molar-refractivity contribution in [2.24, 2.45) is 0 Å². The summed E-state index contributed by atoms with van der Waals surface area (Å²) in [5.74, 6) is -0.264. The number of carbonyl (C=O) groups is 1. The van der Waals surface area contributed by atoms with Gasteiger partial charge in [0, 0.05) is 29.1 Å². The van der Waals surface area contributed by atoms with Crippen LogP contribution in [0.15, 0.2) is 71.6 Å². The van der Waals surface area contributed by atoms with Crippen LogP contribution in [0, 0.1) is 0 Å². The molecule has 0 radical (unpaired) electrons. The van der Waals surface area contributed by atoms with Gasteiger partial charge in [0.05, 0.1) is 4.90 Å². The van der Waals surface area contributed by atoms with E-state index in [4.69, 9.17) is 11.6 Å². The van der Waals surface area contributed by atoms with Crippen molar-refractivity contribution in [2.45, 2.75) is 11.3 Å². The lowest BCUT2D eigenvalue weighted by molar-refractivity contribution is -0.116. The first-order chi connectivity index (χ1) is 12.5. The van der Waals surface area contributed by atoms with Crippen molar-refractivity contribution in [1.82, 2.24) is 4.72 Å². The second-order valence-electron chi connectivity index (χ2n) is 5.68. The lowest BCUT2D eigenvalue weighted by Crippen LogP contribution is -2.27. The number of rotatable bonds is 6. The Morgan fingerprint density at radius 3 is 2.38 bits per heavy atom. The molecule has 0 atom stereocenters. The number of hydrogen-bond acceptors (Lipinski definition) is 3. The average molecular weight is 389 g/mol. The Morgan fingerprint density at radius 1 is 0.923 bits per heavy atom. The average Bonchev–Trinajstić information content (AvgIpc) is 2.62. The third-order valence-electron chi connectivity index (χ3n) is 3.83. The zero-order valence-electron chi connectivity index (χ0n) is 13.8. The topological polar surface area (TPSA) is 75.3 Å². The molecule has 0 spiro atoms. The molecule has 2 N–H and O–H groups in total. The summed E-state index contributed by atoms with van der Waals surface area (Å²) in [6, 6.07) is 19.2. The van der Waals surface area contributed by atoms with E-state index in [1.165, 1.54) is 24.3 Å². The van der Waals surface area contributed by atoms with E-state index < -0.39 is 10.0 Å². The fourth-order valence-electron chi connectivity index (χ4n) is 2.54.